The fraction of sp³-hybridized carbons (Fsp3) is 0.500. The maximum Gasteiger partial charge on any atom is 0.316 e. The first-order valence-electron chi connectivity index (χ1n) is 6.57. The third-order valence-electron chi connectivity index (χ3n) is 3.08. The Labute approximate surface area is 113 Å². The van der Waals surface area contributed by atoms with E-state index in [0.717, 1.165) is 31.6 Å². The first-order chi connectivity index (χ1) is 9.28. The molecule has 1 aliphatic heterocycles. The van der Waals surface area contributed by atoms with Crippen molar-refractivity contribution in [3.8, 4) is 5.75 Å². The Morgan fingerprint density at radius 2 is 2.21 bits per heavy atom. The molecule has 5 nitrogen and oxygen atoms in total. The van der Waals surface area contributed by atoms with Gasteiger partial charge in [0.1, 0.15) is 12.0 Å². The van der Waals surface area contributed by atoms with Crippen molar-refractivity contribution in [3.63, 3.8) is 0 Å². The zero-order valence-corrected chi connectivity index (χ0v) is 11.1. The van der Waals surface area contributed by atoms with Gasteiger partial charge in [-0.1, -0.05) is 12.1 Å². The van der Waals surface area contributed by atoms with E-state index in [1.807, 2.05) is 24.3 Å². The van der Waals surface area contributed by atoms with Crippen molar-refractivity contribution in [2.75, 3.05) is 20.3 Å². The standard InChI is InChI=1S/C14H20N2O3/c1-18-12-6-4-11(5-7-12)8-9-15-14(17)16-13-3-2-10-19-13/h4-7,13H,2-3,8-10H2,1H3,(H2,15,16,17). The van der Waals surface area contributed by atoms with Crippen LogP contribution >= 0.6 is 0 Å². The number of hydrogen-bond acceptors (Lipinski definition) is 3. The third-order valence-corrected chi connectivity index (χ3v) is 3.08. The van der Waals surface area contributed by atoms with Crippen LogP contribution in [0.15, 0.2) is 24.3 Å². The van der Waals surface area contributed by atoms with E-state index in [1.54, 1.807) is 7.11 Å². The largest absolute Gasteiger partial charge is 0.497 e. The van der Waals surface area contributed by atoms with Crippen LogP contribution in [0.3, 0.4) is 0 Å². The Balaban J connectivity index is 1.65. The van der Waals surface area contributed by atoms with Gasteiger partial charge in [0.2, 0.25) is 0 Å². The fourth-order valence-electron chi connectivity index (χ4n) is 2.00. The minimum Gasteiger partial charge on any atom is -0.497 e. The van der Waals surface area contributed by atoms with Gasteiger partial charge >= 0.3 is 6.03 Å². The smallest absolute Gasteiger partial charge is 0.316 e. The molecule has 2 N–H and O–H groups in total. The van der Waals surface area contributed by atoms with E-state index in [2.05, 4.69) is 10.6 Å². The van der Waals surface area contributed by atoms with E-state index < -0.39 is 0 Å². The summed E-state index contributed by atoms with van der Waals surface area (Å²) in [4.78, 5) is 11.6. The zero-order valence-electron chi connectivity index (χ0n) is 11.1. The molecule has 1 heterocycles. The Morgan fingerprint density at radius 1 is 1.42 bits per heavy atom. The van der Waals surface area contributed by atoms with Gasteiger partial charge in [-0.15, -0.1) is 0 Å². The van der Waals surface area contributed by atoms with Crippen molar-refractivity contribution < 1.29 is 14.3 Å². The van der Waals surface area contributed by atoms with Gasteiger partial charge in [-0.25, -0.2) is 4.79 Å². The number of carbonyl (C=O) groups excluding carboxylic acids is 1. The number of rotatable bonds is 5. The van der Waals surface area contributed by atoms with Crippen LogP contribution in [0.4, 0.5) is 4.79 Å². The molecule has 0 aliphatic carbocycles. The second kappa shape index (κ2) is 6.99. The van der Waals surface area contributed by atoms with Gasteiger partial charge in [-0.3, -0.25) is 0 Å². The molecule has 1 aromatic carbocycles. The van der Waals surface area contributed by atoms with Crippen LogP contribution < -0.4 is 15.4 Å². The van der Waals surface area contributed by atoms with Crippen LogP contribution in [0.2, 0.25) is 0 Å². The lowest BCUT2D eigenvalue weighted by atomic mass is 10.1. The highest BCUT2D eigenvalue weighted by molar-refractivity contribution is 5.74. The Bertz CT molecular complexity index is 400. The van der Waals surface area contributed by atoms with Gasteiger partial charge in [0.15, 0.2) is 0 Å². The van der Waals surface area contributed by atoms with Crippen LogP contribution in [0.25, 0.3) is 0 Å². The molecule has 1 saturated heterocycles. The number of ether oxygens (including phenoxy) is 2. The van der Waals surface area contributed by atoms with Crippen LogP contribution in [0, 0.1) is 0 Å². The molecule has 2 rings (SSSR count). The minimum atomic E-state index is -0.166. The Kier molecular flexibility index (Phi) is 5.03. The van der Waals surface area contributed by atoms with Gasteiger partial charge < -0.3 is 20.1 Å². The van der Waals surface area contributed by atoms with Crippen molar-refractivity contribution in [3.05, 3.63) is 29.8 Å². The molecule has 0 bridgehead atoms. The van der Waals surface area contributed by atoms with E-state index in [9.17, 15) is 4.79 Å². The quantitative estimate of drug-likeness (QED) is 0.850. The predicted molar refractivity (Wildman–Crippen MR) is 72.2 cm³/mol. The van der Waals surface area contributed by atoms with Crippen molar-refractivity contribution in [1.82, 2.24) is 10.6 Å². The van der Waals surface area contributed by atoms with Gasteiger partial charge in [-0.2, -0.15) is 0 Å². The zero-order chi connectivity index (χ0) is 13.5. The fourth-order valence-corrected chi connectivity index (χ4v) is 2.00. The average molecular weight is 264 g/mol. The average Bonchev–Trinajstić information content (AvgIpc) is 2.92. The van der Waals surface area contributed by atoms with Crippen LogP contribution in [0.1, 0.15) is 18.4 Å². The summed E-state index contributed by atoms with van der Waals surface area (Å²) >= 11 is 0. The summed E-state index contributed by atoms with van der Waals surface area (Å²) in [6.07, 6.45) is 2.58. The minimum absolute atomic E-state index is 0.124. The lowest BCUT2D eigenvalue weighted by molar-refractivity contribution is 0.0908. The van der Waals surface area contributed by atoms with Gasteiger partial charge in [0.25, 0.3) is 0 Å². The number of urea groups is 1. The summed E-state index contributed by atoms with van der Waals surface area (Å²) in [6.45, 7) is 1.33. The number of methoxy groups -OCH3 is 1. The number of nitrogens with one attached hydrogen (secondary N) is 2. The SMILES string of the molecule is COc1ccc(CCNC(=O)NC2CCCO2)cc1. The van der Waals surface area contributed by atoms with E-state index >= 15 is 0 Å². The molecule has 19 heavy (non-hydrogen) atoms. The molecule has 1 aliphatic rings. The second-order valence-corrected chi connectivity index (χ2v) is 4.50. The van der Waals surface area contributed by atoms with E-state index in [-0.39, 0.29) is 12.3 Å². The maximum atomic E-state index is 11.6. The van der Waals surface area contributed by atoms with Crippen LogP contribution in [-0.4, -0.2) is 32.5 Å². The number of amides is 2. The number of carbonyl (C=O) groups is 1. The highest BCUT2D eigenvalue weighted by Gasteiger charge is 2.16. The normalized spacial score (nSPS) is 18.1. The van der Waals surface area contributed by atoms with Gasteiger partial charge in [0, 0.05) is 13.2 Å². The van der Waals surface area contributed by atoms with E-state index in [0.29, 0.717) is 6.54 Å². The molecule has 5 heteroatoms. The van der Waals surface area contributed by atoms with Crippen LogP contribution in [-0.2, 0) is 11.2 Å². The van der Waals surface area contributed by atoms with Crippen LogP contribution in [0.5, 0.6) is 5.75 Å². The summed E-state index contributed by atoms with van der Waals surface area (Å²) in [7, 11) is 1.64. The topological polar surface area (TPSA) is 59.6 Å². The molecule has 0 saturated carbocycles. The lowest BCUT2D eigenvalue weighted by Gasteiger charge is -2.12. The molecule has 1 fully saturated rings. The van der Waals surface area contributed by atoms with Gasteiger partial charge in [0.05, 0.1) is 7.11 Å². The molecular formula is C14H20N2O3. The monoisotopic (exact) mass is 264 g/mol. The summed E-state index contributed by atoms with van der Waals surface area (Å²) in [5, 5.41) is 5.62. The molecule has 0 radical (unpaired) electrons. The molecule has 1 aromatic rings. The molecular weight excluding hydrogens is 244 g/mol. The number of benzene rings is 1. The van der Waals surface area contributed by atoms with Crippen molar-refractivity contribution >= 4 is 6.03 Å². The summed E-state index contributed by atoms with van der Waals surface area (Å²) in [6, 6.07) is 7.67. The molecule has 1 atom stereocenters. The number of hydrogen-bond donors (Lipinski definition) is 2. The first-order valence-corrected chi connectivity index (χ1v) is 6.57. The molecule has 0 aromatic heterocycles. The molecule has 1 unspecified atom stereocenters. The Morgan fingerprint density at radius 3 is 2.84 bits per heavy atom. The van der Waals surface area contributed by atoms with Gasteiger partial charge in [-0.05, 0) is 37.0 Å². The lowest BCUT2D eigenvalue weighted by Crippen LogP contribution is -2.42. The summed E-state index contributed by atoms with van der Waals surface area (Å²) in [5.74, 6) is 0.841. The highest BCUT2D eigenvalue weighted by Crippen LogP contribution is 2.11. The molecule has 104 valence electrons. The van der Waals surface area contributed by atoms with E-state index in [4.69, 9.17) is 9.47 Å². The summed E-state index contributed by atoms with van der Waals surface area (Å²) in [5.41, 5.74) is 1.17. The predicted octanol–water partition coefficient (Wildman–Crippen LogP) is 1.67. The van der Waals surface area contributed by atoms with Crippen molar-refractivity contribution in [2.24, 2.45) is 0 Å². The third kappa shape index (κ3) is 4.44. The van der Waals surface area contributed by atoms with Crippen molar-refractivity contribution in [2.45, 2.75) is 25.5 Å². The van der Waals surface area contributed by atoms with Crippen molar-refractivity contribution in [1.29, 1.82) is 0 Å². The summed E-state index contributed by atoms with van der Waals surface area (Å²) < 4.78 is 10.4. The Hall–Kier alpha value is -1.75. The first kappa shape index (κ1) is 13.7. The molecule has 2 amide bonds. The van der Waals surface area contributed by atoms with E-state index in [1.165, 1.54) is 5.56 Å². The highest BCUT2D eigenvalue weighted by atomic mass is 16.5. The second-order valence-electron chi connectivity index (χ2n) is 4.50. The maximum absolute atomic E-state index is 11.6. The molecule has 0 spiro atoms.